The predicted octanol–water partition coefficient (Wildman–Crippen LogP) is 6.42. The smallest absolute Gasteiger partial charge is 0.409 e. The van der Waals surface area contributed by atoms with Crippen molar-refractivity contribution in [1.29, 1.82) is 0 Å². The van der Waals surface area contributed by atoms with E-state index in [1.165, 1.54) is 54.9 Å². The Bertz CT molecular complexity index is 2590. The number of pyridine rings is 2. The van der Waals surface area contributed by atoms with Gasteiger partial charge in [-0.2, -0.15) is 9.32 Å². The molecule has 0 bridgehead atoms. The maximum atomic E-state index is 13.9. The van der Waals surface area contributed by atoms with Crippen LogP contribution in [-0.4, -0.2) is 72.9 Å². The molecule has 21 heteroatoms. The minimum atomic E-state index is -0.915. The van der Waals surface area contributed by atoms with E-state index >= 15 is 0 Å². The van der Waals surface area contributed by atoms with Crippen molar-refractivity contribution in [3.63, 3.8) is 0 Å². The highest BCUT2D eigenvalue weighted by molar-refractivity contribution is 7.94. The lowest BCUT2D eigenvalue weighted by Gasteiger charge is -2.31. The van der Waals surface area contributed by atoms with Crippen LogP contribution in [0.5, 0.6) is 23.0 Å². The number of benzene rings is 2. The molecule has 0 spiro atoms. The van der Waals surface area contributed by atoms with Crippen LogP contribution in [0.3, 0.4) is 0 Å². The monoisotopic (exact) mass is 826 g/mol. The van der Waals surface area contributed by atoms with Gasteiger partial charge in [-0.25, -0.2) is 42.2 Å². The summed E-state index contributed by atoms with van der Waals surface area (Å²) in [7, 11) is 4.34. The Kier molecular flexibility index (Phi) is 13.0. The number of carbonyl (C=O) groups is 1. The van der Waals surface area contributed by atoms with Gasteiger partial charge in [-0.1, -0.05) is 0 Å². The van der Waals surface area contributed by atoms with Crippen LogP contribution in [-0.2, 0) is 28.1 Å². The van der Waals surface area contributed by atoms with Crippen molar-refractivity contribution in [2.45, 2.75) is 31.0 Å². The third-order valence-corrected chi connectivity index (χ3v) is 9.12. The SMILES string of the molecule is CCOC(=O)N1CCC(Nc2ncc3cc(Oc4ccc(F)cc4F)c(=O)n(C)c3n2)CC1.COOSc1ncc2cc(Oc3ccc(F)cc3F)c(=O)n(C)c2n1. The van der Waals surface area contributed by atoms with E-state index in [0.29, 0.717) is 72.7 Å². The minimum Gasteiger partial charge on any atom is -0.450 e. The van der Waals surface area contributed by atoms with Gasteiger partial charge in [-0.3, -0.25) is 18.7 Å². The Balaban J connectivity index is 0.000000203. The van der Waals surface area contributed by atoms with Gasteiger partial charge < -0.3 is 24.4 Å². The third kappa shape index (κ3) is 9.61. The molecule has 304 valence electrons. The van der Waals surface area contributed by atoms with Gasteiger partial charge in [-0.05, 0) is 56.2 Å². The summed E-state index contributed by atoms with van der Waals surface area (Å²) < 4.78 is 76.6. The number of hydrogen-bond donors (Lipinski definition) is 1. The number of carbonyl (C=O) groups excluding carboxylic acids is 1. The zero-order valence-corrected chi connectivity index (χ0v) is 32.0. The molecule has 1 aliphatic heterocycles. The molecule has 1 fully saturated rings. The van der Waals surface area contributed by atoms with Gasteiger partial charge in [-0.15, -0.1) is 0 Å². The Hall–Kier alpha value is -6.32. The first-order chi connectivity index (χ1) is 27.8. The number of aryl methyl sites for hydroxylation is 2. The molecule has 0 atom stereocenters. The standard InChI is InChI=1S/C22H23F2N5O4.C15H11F2N3O4S/c1-3-32-22(31)29-8-6-15(7-9-29)26-21-25-12-13-10-18(20(30)28(2)19(13)27-21)33-17-5-4-14(23)11-16(17)24;1-20-13-8(7-18-15(19-13)25-24-22-2)5-12(14(20)21)23-11-4-3-9(16)6-10(11)17/h4-5,10-12,15H,3,6-9H2,1-2H3,(H,25,26,27);3-7H,1-2H3. The van der Waals surface area contributed by atoms with Crippen LogP contribution in [0.1, 0.15) is 19.8 Å². The van der Waals surface area contributed by atoms with E-state index in [9.17, 15) is 31.9 Å². The fourth-order valence-corrected chi connectivity index (χ4v) is 6.04. The third-order valence-electron chi connectivity index (χ3n) is 8.57. The normalized spacial score (nSPS) is 12.9. The van der Waals surface area contributed by atoms with Gasteiger partial charge in [0.15, 0.2) is 34.6 Å². The van der Waals surface area contributed by atoms with Gasteiger partial charge >= 0.3 is 6.09 Å². The van der Waals surface area contributed by atoms with Crippen molar-refractivity contribution in [3.05, 3.63) is 105 Å². The van der Waals surface area contributed by atoms with Crippen molar-refractivity contribution >= 4 is 46.2 Å². The van der Waals surface area contributed by atoms with Crippen LogP contribution in [0, 0.1) is 23.3 Å². The van der Waals surface area contributed by atoms with E-state index in [2.05, 4.69) is 34.5 Å². The lowest BCUT2D eigenvalue weighted by atomic mass is 10.1. The Morgan fingerprint density at radius 3 is 1.84 bits per heavy atom. The summed E-state index contributed by atoms with van der Waals surface area (Å²) in [4.78, 5) is 60.1. The molecular weight excluding hydrogens is 793 g/mol. The van der Waals surface area contributed by atoms with Gasteiger partial charge in [0.1, 0.15) is 35.0 Å². The molecule has 1 aliphatic rings. The second-order valence-electron chi connectivity index (χ2n) is 12.4. The number of rotatable bonds is 10. The van der Waals surface area contributed by atoms with Gasteiger partial charge in [0, 0.05) is 68.5 Å². The highest BCUT2D eigenvalue weighted by Gasteiger charge is 2.24. The first-order valence-corrected chi connectivity index (χ1v) is 18.1. The Labute approximate surface area is 330 Å². The summed E-state index contributed by atoms with van der Waals surface area (Å²) in [5, 5.41) is 4.48. The van der Waals surface area contributed by atoms with Crippen molar-refractivity contribution in [3.8, 4) is 23.0 Å². The van der Waals surface area contributed by atoms with E-state index in [1.54, 1.807) is 11.8 Å². The molecule has 1 N–H and O–H groups in total. The van der Waals surface area contributed by atoms with Crippen LogP contribution in [0.25, 0.3) is 22.1 Å². The number of hydrogen-bond acceptors (Lipinski definition) is 14. The molecule has 6 aromatic rings. The van der Waals surface area contributed by atoms with Crippen LogP contribution < -0.4 is 25.9 Å². The highest BCUT2D eigenvalue weighted by atomic mass is 32.2. The van der Waals surface area contributed by atoms with E-state index < -0.39 is 34.4 Å². The van der Waals surface area contributed by atoms with Crippen molar-refractivity contribution in [2.75, 3.05) is 32.1 Å². The quantitative estimate of drug-likeness (QED) is 0.0527. The maximum Gasteiger partial charge on any atom is 0.409 e. The number of likely N-dealkylation sites (tertiary alicyclic amines) is 1. The highest BCUT2D eigenvalue weighted by Crippen LogP contribution is 2.27. The van der Waals surface area contributed by atoms with Crippen LogP contribution >= 0.6 is 12.0 Å². The summed E-state index contributed by atoms with van der Waals surface area (Å²) in [5.74, 6) is -3.77. The molecule has 1 amide bonds. The summed E-state index contributed by atoms with van der Waals surface area (Å²) in [6.45, 7) is 3.23. The number of amides is 1. The number of halogens is 4. The van der Waals surface area contributed by atoms with Gasteiger partial charge in [0.05, 0.1) is 13.7 Å². The average Bonchev–Trinajstić information content (AvgIpc) is 3.21. The summed E-state index contributed by atoms with van der Waals surface area (Å²) in [6, 6.07) is 8.51. The second kappa shape index (κ2) is 18.3. The number of anilines is 1. The number of piperidine rings is 1. The number of nitrogens with one attached hydrogen (secondary N) is 1. The molecule has 0 unspecified atom stereocenters. The van der Waals surface area contributed by atoms with Gasteiger partial charge in [0.25, 0.3) is 11.1 Å². The molecule has 0 saturated carbocycles. The summed E-state index contributed by atoms with van der Waals surface area (Å²) in [5.41, 5.74) is -0.375. The van der Waals surface area contributed by atoms with E-state index in [0.717, 1.165) is 36.3 Å². The number of aromatic nitrogens is 6. The first-order valence-electron chi connectivity index (χ1n) is 17.4. The molecule has 4 aromatic heterocycles. The van der Waals surface area contributed by atoms with Crippen LogP contribution in [0.15, 0.2) is 75.7 Å². The zero-order valence-electron chi connectivity index (χ0n) is 31.2. The number of ether oxygens (including phenoxy) is 3. The molecule has 2 aromatic carbocycles. The molecule has 1 saturated heterocycles. The topological polar surface area (TPSA) is 174 Å². The van der Waals surface area contributed by atoms with Crippen LogP contribution in [0.2, 0.25) is 0 Å². The predicted molar refractivity (Wildman–Crippen MR) is 202 cm³/mol. The fraction of sp³-hybridized carbons (Fsp3) is 0.270. The number of fused-ring (bicyclic) bond motifs is 2. The van der Waals surface area contributed by atoms with Gasteiger partial charge in [0.2, 0.25) is 11.1 Å². The Morgan fingerprint density at radius 2 is 1.33 bits per heavy atom. The number of nitrogens with zero attached hydrogens (tertiary/aromatic N) is 7. The second-order valence-corrected chi connectivity index (χ2v) is 13.1. The van der Waals surface area contributed by atoms with E-state index in [4.69, 9.17) is 14.2 Å². The molecule has 7 rings (SSSR count). The first kappa shape index (κ1) is 41.3. The Morgan fingerprint density at radius 1 is 0.793 bits per heavy atom. The van der Waals surface area contributed by atoms with Crippen molar-refractivity contribution in [2.24, 2.45) is 14.1 Å². The van der Waals surface area contributed by atoms with E-state index in [1.807, 2.05) is 0 Å². The maximum absolute atomic E-state index is 13.9. The molecular formula is C37H34F4N8O8S. The van der Waals surface area contributed by atoms with Crippen molar-refractivity contribution < 1.29 is 45.8 Å². The molecule has 0 radical (unpaired) electrons. The lowest BCUT2D eigenvalue weighted by molar-refractivity contribution is -0.160. The summed E-state index contributed by atoms with van der Waals surface area (Å²) >= 11 is 0.784. The van der Waals surface area contributed by atoms with Crippen molar-refractivity contribution in [1.82, 2.24) is 34.0 Å². The minimum absolute atomic E-state index is 0.0641. The average molecular weight is 827 g/mol. The molecule has 58 heavy (non-hydrogen) atoms. The summed E-state index contributed by atoms with van der Waals surface area (Å²) in [6.07, 6.45) is 4.08. The largest absolute Gasteiger partial charge is 0.450 e. The molecule has 0 aliphatic carbocycles. The molecule has 16 nitrogen and oxygen atoms in total. The lowest BCUT2D eigenvalue weighted by Crippen LogP contribution is -2.42. The van der Waals surface area contributed by atoms with Crippen LogP contribution in [0.4, 0.5) is 28.3 Å². The fourth-order valence-electron chi connectivity index (χ4n) is 5.70. The molecule has 5 heterocycles. The zero-order chi connectivity index (χ0) is 41.5. The van der Waals surface area contributed by atoms with E-state index in [-0.39, 0.29) is 40.3 Å².